The molecule has 1 aromatic carbocycles. The van der Waals surface area contributed by atoms with Gasteiger partial charge in [0.05, 0.1) is 11.1 Å². The second kappa shape index (κ2) is 5.61. The van der Waals surface area contributed by atoms with Crippen LogP contribution in [-0.2, 0) is 0 Å². The first-order valence-electron chi connectivity index (χ1n) is 9.32. The topological polar surface area (TPSA) is 74.6 Å². The Bertz CT molecular complexity index is 821. The lowest BCUT2D eigenvalue weighted by atomic mass is 9.41. The molecule has 0 spiro atoms. The first kappa shape index (κ1) is 17.1. The molecule has 0 radical (unpaired) electrons. The normalized spacial score (nSPS) is 37.1. The summed E-state index contributed by atoms with van der Waals surface area (Å²) in [4.78, 5) is 22.6. The van der Waals surface area contributed by atoms with E-state index >= 15 is 0 Å². The molecular weight excluding hydrogens is 328 g/mol. The first-order chi connectivity index (χ1) is 12.2. The van der Waals surface area contributed by atoms with E-state index in [0.717, 1.165) is 11.8 Å². The molecule has 4 aliphatic rings. The minimum Gasteiger partial charge on any atom is -0.478 e. The number of carbonyl (C=O) groups is 2. The van der Waals surface area contributed by atoms with Gasteiger partial charge in [-0.3, -0.25) is 0 Å². The van der Waals surface area contributed by atoms with Crippen LogP contribution in [0, 0.1) is 40.4 Å². The molecule has 26 heavy (non-hydrogen) atoms. The van der Waals surface area contributed by atoms with Crippen LogP contribution in [0.15, 0.2) is 18.2 Å². The third-order valence-electron chi connectivity index (χ3n) is 6.92. The minimum absolute atomic E-state index is 0.198. The van der Waals surface area contributed by atoms with Gasteiger partial charge in [0.1, 0.15) is 0 Å². The summed E-state index contributed by atoms with van der Waals surface area (Å²) in [6, 6.07) is 4.35. The van der Waals surface area contributed by atoms with Crippen LogP contribution in [0.5, 0.6) is 0 Å². The van der Waals surface area contributed by atoms with Gasteiger partial charge in [-0.15, -0.1) is 0 Å². The smallest absolute Gasteiger partial charge is 0.336 e. The van der Waals surface area contributed by atoms with Gasteiger partial charge < -0.3 is 10.2 Å². The van der Waals surface area contributed by atoms with Crippen molar-refractivity contribution < 1.29 is 19.8 Å². The SMILES string of the molecule is CC12CC3CC(C1)CC(C)(C3)C2C#Cc1ccc(C(=O)O)c(C(=O)O)c1. The lowest BCUT2D eigenvalue weighted by molar-refractivity contribution is -0.127. The first-order valence-corrected chi connectivity index (χ1v) is 9.32. The lowest BCUT2D eigenvalue weighted by Crippen LogP contribution is -2.55. The largest absolute Gasteiger partial charge is 0.478 e. The predicted octanol–water partition coefficient (Wildman–Crippen LogP) is 4.29. The summed E-state index contributed by atoms with van der Waals surface area (Å²) in [6.07, 6.45) is 6.37. The van der Waals surface area contributed by atoms with E-state index in [2.05, 4.69) is 25.7 Å². The maximum atomic E-state index is 11.4. The Kier molecular flexibility index (Phi) is 3.70. The number of benzene rings is 1. The Morgan fingerprint density at radius 2 is 1.50 bits per heavy atom. The highest BCUT2D eigenvalue weighted by atomic mass is 16.4. The summed E-state index contributed by atoms with van der Waals surface area (Å²) in [5, 5.41) is 18.4. The van der Waals surface area contributed by atoms with Gasteiger partial charge >= 0.3 is 11.9 Å². The third kappa shape index (κ3) is 2.61. The number of hydrogen-bond acceptors (Lipinski definition) is 2. The van der Waals surface area contributed by atoms with Crippen molar-refractivity contribution in [1.29, 1.82) is 0 Å². The lowest BCUT2D eigenvalue weighted by Gasteiger charge is -2.63. The van der Waals surface area contributed by atoms with Crippen LogP contribution in [-0.4, -0.2) is 22.2 Å². The molecule has 4 bridgehead atoms. The molecule has 0 heterocycles. The van der Waals surface area contributed by atoms with E-state index in [-0.39, 0.29) is 22.0 Å². The van der Waals surface area contributed by atoms with Crippen LogP contribution in [0.2, 0.25) is 0 Å². The molecule has 136 valence electrons. The Balaban J connectivity index is 1.69. The second-order valence-electron chi connectivity index (χ2n) is 9.17. The zero-order chi connectivity index (χ0) is 18.7. The number of aromatic carboxylic acids is 2. The van der Waals surface area contributed by atoms with E-state index in [0.29, 0.717) is 11.5 Å². The molecule has 4 aliphatic carbocycles. The second-order valence-corrected chi connectivity index (χ2v) is 9.17. The molecule has 0 aromatic heterocycles. The molecule has 5 rings (SSSR count). The summed E-state index contributed by atoms with van der Waals surface area (Å²) in [5.74, 6) is 6.18. The fraction of sp³-hybridized carbons (Fsp3) is 0.545. The maximum Gasteiger partial charge on any atom is 0.336 e. The number of rotatable bonds is 2. The monoisotopic (exact) mass is 352 g/mol. The molecule has 4 fully saturated rings. The van der Waals surface area contributed by atoms with Gasteiger partial charge in [-0.2, -0.15) is 0 Å². The standard InChI is InChI=1S/C22H24O4/c1-21-9-14-7-15(10-21)12-22(2,11-14)18(21)6-4-13-3-5-16(19(23)24)17(8-13)20(25)26/h3,5,8,14-15,18H,7,9-12H2,1-2H3,(H,23,24)(H,25,26). The van der Waals surface area contributed by atoms with Crippen LogP contribution in [0.25, 0.3) is 0 Å². The molecule has 4 saturated carbocycles. The van der Waals surface area contributed by atoms with E-state index in [1.54, 1.807) is 6.07 Å². The molecule has 4 nitrogen and oxygen atoms in total. The van der Waals surface area contributed by atoms with Crippen molar-refractivity contribution in [3.8, 4) is 11.8 Å². The molecule has 0 amide bonds. The minimum atomic E-state index is -1.24. The molecule has 0 unspecified atom stereocenters. The fourth-order valence-electron chi connectivity index (χ4n) is 6.56. The van der Waals surface area contributed by atoms with Crippen molar-refractivity contribution in [3.05, 3.63) is 34.9 Å². The molecule has 0 atom stereocenters. The van der Waals surface area contributed by atoms with Crippen molar-refractivity contribution in [2.24, 2.45) is 28.6 Å². The zero-order valence-corrected chi connectivity index (χ0v) is 15.2. The Morgan fingerprint density at radius 1 is 0.962 bits per heavy atom. The Morgan fingerprint density at radius 3 is 2.00 bits per heavy atom. The van der Waals surface area contributed by atoms with Gasteiger partial charge in [0.25, 0.3) is 0 Å². The van der Waals surface area contributed by atoms with Gasteiger partial charge in [0.15, 0.2) is 0 Å². The molecule has 1 aromatic rings. The summed E-state index contributed by atoms with van der Waals surface area (Å²) in [5.41, 5.74) is 0.682. The maximum absolute atomic E-state index is 11.4. The van der Waals surface area contributed by atoms with Gasteiger partial charge in [-0.05, 0) is 73.0 Å². The van der Waals surface area contributed by atoms with Crippen molar-refractivity contribution in [2.75, 3.05) is 0 Å². The summed E-state index contributed by atoms with van der Waals surface area (Å²) >= 11 is 0. The van der Waals surface area contributed by atoms with E-state index in [1.165, 1.54) is 44.2 Å². The molecule has 2 N–H and O–H groups in total. The summed E-state index contributed by atoms with van der Waals surface area (Å²) in [7, 11) is 0. The average molecular weight is 352 g/mol. The summed E-state index contributed by atoms with van der Waals surface area (Å²) in [6.45, 7) is 4.75. The highest BCUT2D eigenvalue weighted by Gasteiger charge is 2.59. The van der Waals surface area contributed by atoms with Gasteiger partial charge in [0, 0.05) is 11.5 Å². The highest BCUT2D eigenvalue weighted by Crippen LogP contribution is 2.67. The van der Waals surface area contributed by atoms with E-state index in [1.807, 2.05) is 0 Å². The van der Waals surface area contributed by atoms with Gasteiger partial charge in [-0.1, -0.05) is 25.7 Å². The van der Waals surface area contributed by atoms with Crippen LogP contribution >= 0.6 is 0 Å². The van der Waals surface area contributed by atoms with Gasteiger partial charge in [-0.25, -0.2) is 9.59 Å². The molecule has 0 aliphatic heterocycles. The molecule has 0 saturated heterocycles. The third-order valence-corrected chi connectivity index (χ3v) is 6.92. The van der Waals surface area contributed by atoms with Crippen LogP contribution in [0.3, 0.4) is 0 Å². The number of carboxylic acid groups (broad SMARTS) is 2. The zero-order valence-electron chi connectivity index (χ0n) is 15.2. The van der Waals surface area contributed by atoms with Gasteiger partial charge in [0.2, 0.25) is 0 Å². The van der Waals surface area contributed by atoms with Crippen molar-refractivity contribution >= 4 is 11.9 Å². The van der Waals surface area contributed by atoms with Crippen molar-refractivity contribution in [1.82, 2.24) is 0 Å². The highest BCUT2D eigenvalue weighted by molar-refractivity contribution is 6.01. The predicted molar refractivity (Wildman–Crippen MR) is 97.0 cm³/mol. The fourth-order valence-corrected chi connectivity index (χ4v) is 6.56. The average Bonchev–Trinajstić information content (AvgIpc) is 2.51. The van der Waals surface area contributed by atoms with Crippen molar-refractivity contribution in [3.63, 3.8) is 0 Å². The molecule has 4 heteroatoms. The van der Waals surface area contributed by atoms with E-state index in [4.69, 9.17) is 5.11 Å². The quantitative estimate of drug-likeness (QED) is 0.779. The van der Waals surface area contributed by atoms with E-state index in [9.17, 15) is 14.7 Å². The molecular formula is C22H24O4. The number of carboxylic acids is 2. The number of hydrogen-bond donors (Lipinski definition) is 2. The van der Waals surface area contributed by atoms with Crippen molar-refractivity contribution in [2.45, 2.75) is 46.0 Å². The van der Waals surface area contributed by atoms with Crippen LogP contribution < -0.4 is 0 Å². The van der Waals surface area contributed by atoms with Crippen LogP contribution in [0.1, 0.15) is 72.2 Å². The van der Waals surface area contributed by atoms with E-state index < -0.39 is 11.9 Å². The Labute approximate surface area is 153 Å². The summed E-state index contributed by atoms with van der Waals surface area (Å²) < 4.78 is 0. The van der Waals surface area contributed by atoms with Crippen LogP contribution in [0.4, 0.5) is 0 Å². The Hall–Kier alpha value is -2.28.